The van der Waals surface area contributed by atoms with Crippen LogP contribution >= 0.6 is 0 Å². The van der Waals surface area contributed by atoms with Crippen LogP contribution in [0.4, 0.5) is 5.69 Å². The summed E-state index contributed by atoms with van der Waals surface area (Å²) in [6, 6.07) is 6.49. The molecule has 1 aromatic rings. The van der Waals surface area contributed by atoms with Gasteiger partial charge in [-0.05, 0) is 38.1 Å². The quantitative estimate of drug-likeness (QED) is 0.829. The Balaban J connectivity index is 2.86. The van der Waals surface area contributed by atoms with Crippen LogP contribution in [0.2, 0.25) is 0 Å². The molecule has 0 aromatic heterocycles. The second kappa shape index (κ2) is 5.61. The minimum atomic E-state index is -3.18. The standard InChI is InChI=1S/C13H20N2O3S/c1-4-19(17,18)11-7-5-10(6-8-11)15-13(2,3)9-12(14)16/h5-8,15H,4,9H2,1-3H3,(H2,14,16). The van der Waals surface area contributed by atoms with Crippen molar-refractivity contribution in [1.82, 2.24) is 0 Å². The normalized spacial score (nSPS) is 12.2. The summed E-state index contributed by atoms with van der Waals surface area (Å²) in [5.74, 6) is -0.310. The Bertz CT molecular complexity index is 548. The highest BCUT2D eigenvalue weighted by molar-refractivity contribution is 7.91. The fourth-order valence-corrected chi connectivity index (χ4v) is 2.67. The number of hydrogen-bond donors (Lipinski definition) is 2. The zero-order valence-corrected chi connectivity index (χ0v) is 12.3. The van der Waals surface area contributed by atoms with Crippen molar-refractivity contribution in [2.24, 2.45) is 5.73 Å². The fourth-order valence-electron chi connectivity index (χ4n) is 1.78. The van der Waals surface area contributed by atoms with Crippen molar-refractivity contribution in [3.05, 3.63) is 24.3 Å². The maximum absolute atomic E-state index is 11.7. The molecule has 0 saturated heterocycles. The predicted octanol–water partition coefficient (Wildman–Crippen LogP) is 1.55. The Hall–Kier alpha value is -1.56. The highest BCUT2D eigenvalue weighted by atomic mass is 32.2. The number of primary amides is 1. The van der Waals surface area contributed by atoms with E-state index in [9.17, 15) is 13.2 Å². The van der Waals surface area contributed by atoms with Crippen LogP contribution in [0.1, 0.15) is 27.2 Å². The number of sulfone groups is 1. The van der Waals surface area contributed by atoms with Crippen LogP contribution in [0.25, 0.3) is 0 Å². The van der Waals surface area contributed by atoms with Gasteiger partial charge in [0.1, 0.15) is 0 Å². The van der Waals surface area contributed by atoms with Gasteiger partial charge < -0.3 is 11.1 Å². The highest BCUT2D eigenvalue weighted by Gasteiger charge is 2.20. The molecule has 0 unspecified atom stereocenters. The van der Waals surface area contributed by atoms with Gasteiger partial charge in [0.15, 0.2) is 9.84 Å². The molecule has 0 aliphatic carbocycles. The summed E-state index contributed by atoms with van der Waals surface area (Å²) in [6.45, 7) is 5.32. The first-order chi connectivity index (χ1) is 8.66. The smallest absolute Gasteiger partial charge is 0.219 e. The van der Waals surface area contributed by atoms with Crippen LogP contribution in [-0.2, 0) is 14.6 Å². The second-order valence-electron chi connectivity index (χ2n) is 5.08. The van der Waals surface area contributed by atoms with Crippen molar-refractivity contribution in [1.29, 1.82) is 0 Å². The van der Waals surface area contributed by atoms with E-state index < -0.39 is 15.4 Å². The van der Waals surface area contributed by atoms with Crippen LogP contribution in [0.15, 0.2) is 29.2 Å². The van der Waals surface area contributed by atoms with Crippen LogP contribution in [0.3, 0.4) is 0 Å². The molecule has 0 aliphatic heterocycles. The minimum Gasteiger partial charge on any atom is -0.380 e. The van der Waals surface area contributed by atoms with E-state index in [-0.39, 0.29) is 18.1 Å². The molecule has 0 saturated carbocycles. The minimum absolute atomic E-state index is 0.0763. The zero-order chi connectivity index (χ0) is 14.7. The van der Waals surface area contributed by atoms with Crippen molar-refractivity contribution in [2.45, 2.75) is 37.6 Å². The largest absolute Gasteiger partial charge is 0.380 e. The molecule has 0 atom stereocenters. The zero-order valence-electron chi connectivity index (χ0n) is 11.4. The van der Waals surface area contributed by atoms with Crippen LogP contribution < -0.4 is 11.1 Å². The average Bonchev–Trinajstić information content (AvgIpc) is 2.27. The molecule has 0 bridgehead atoms. The molecule has 0 aliphatic rings. The lowest BCUT2D eigenvalue weighted by Gasteiger charge is -2.26. The Labute approximate surface area is 114 Å². The van der Waals surface area contributed by atoms with E-state index in [1.165, 1.54) is 0 Å². The molecule has 1 rings (SSSR count). The number of carbonyl (C=O) groups excluding carboxylic acids is 1. The lowest BCUT2D eigenvalue weighted by Crippen LogP contribution is -2.35. The maximum Gasteiger partial charge on any atom is 0.219 e. The number of benzene rings is 1. The molecular formula is C13H20N2O3S. The highest BCUT2D eigenvalue weighted by Crippen LogP contribution is 2.20. The molecule has 3 N–H and O–H groups in total. The Morgan fingerprint density at radius 2 is 1.79 bits per heavy atom. The third-order valence-corrected chi connectivity index (χ3v) is 4.44. The van der Waals surface area contributed by atoms with Crippen molar-refractivity contribution < 1.29 is 13.2 Å². The van der Waals surface area contributed by atoms with Crippen molar-refractivity contribution in [3.8, 4) is 0 Å². The van der Waals surface area contributed by atoms with E-state index in [4.69, 9.17) is 5.73 Å². The summed E-state index contributed by atoms with van der Waals surface area (Å²) in [5.41, 5.74) is 5.45. The Kier molecular flexibility index (Phi) is 4.57. The number of carbonyl (C=O) groups is 1. The molecule has 0 spiro atoms. The van der Waals surface area contributed by atoms with Gasteiger partial charge in [-0.15, -0.1) is 0 Å². The molecule has 0 heterocycles. The average molecular weight is 284 g/mol. The van der Waals surface area contributed by atoms with Crippen LogP contribution in [0.5, 0.6) is 0 Å². The third-order valence-electron chi connectivity index (χ3n) is 2.69. The van der Waals surface area contributed by atoms with Gasteiger partial charge in [-0.25, -0.2) is 8.42 Å². The van der Waals surface area contributed by atoms with E-state index in [1.807, 2.05) is 13.8 Å². The first-order valence-electron chi connectivity index (χ1n) is 6.05. The third kappa shape index (κ3) is 4.55. The first kappa shape index (κ1) is 15.5. The summed E-state index contributed by atoms with van der Waals surface area (Å²) in [7, 11) is -3.18. The van der Waals surface area contributed by atoms with Crippen molar-refractivity contribution in [2.75, 3.05) is 11.1 Å². The fraction of sp³-hybridized carbons (Fsp3) is 0.462. The summed E-state index contributed by atoms with van der Waals surface area (Å²) in [6.07, 6.45) is 0.196. The molecule has 1 amide bonds. The monoisotopic (exact) mass is 284 g/mol. The SMILES string of the molecule is CCS(=O)(=O)c1ccc(NC(C)(C)CC(N)=O)cc1. The van der Waals surface area contributed by atoms with Gasteiger partial charge in [-0.1, -0.05) is 6.92 Å². The number of rotatable bonds is 6. The van der Waals surface area contributed by atoms with E-state index in [2.05, 4.69) is 5.32 Å². The predicted molar refractivity (Wildman–Crippen MR) is 75.7 cm³/mol. The van der Waals surface area contributed by atoms with E-state index >= 15 is 0 Å². The molecule has 106 valence electrons. The van der Waals surface area contributed by atoms with Gasteiger partial charge in [0.05, 0.1) is 10.6 Å². The topological polar surface area (TPSA) is 89.3 Å². The molecular weight excluding hydrogens is 264 g/mol. The number of nitrogens with two attached hydrogens (primary N) is 1. The number of nitrogens with one attached hydrogen (secondary N) is 1. The lowest BCUT2D eigenvalue weighted by atomic mass is 10.00. The molecule has 6 heteroatoms. The molecule has 1 aromatic carbocycles. The summed E-state index contributed by atoms with van der Waals surface area (Å²) in [5, 5.41) is 3.15. The van der Waals surface area contributed by atoms with Gasteiger partial charge in [-0.2, -0.15) is 0 Å². The summed E-state index contributed by atoms with van der Waals surface area (Å²) >= 11 is 0. The van der Waals surface area contributed by atoms with Gasteiger partial charge in [0.2, 0.25) is 5.91 Å². The van der Waals surface area contributed by atoms with Crippen LogP contribution in [-0.4, -0.2) is 25.6 Å². The number of amides is 1. The van der Waals surface area contributed by atoms with Gasteiger partial charge in [0.25, 0.3) is 0 Å². The molecule has 19 heavy (non-hydrogen) atoms. The van der Waals surface area contributed by atoms with Crippen molar-refractivity contribution >= 4 is 21.4 Å². The van der Waals surface area contributed by atoms with Gasteiger partial charge in [0, 0.05) is 17.6 Å². The second-order valence-corrected chi connectivity index (χ2v) is 7.36. The Morgan fingerprint density at radius 1 is 1.26 bits per heavy atom. The Morgan fingerprint density at radius 3 is 2.21 bits per heavy atom. The lowest BCUT2D eigenvalue weighted by molar-refractivity contribution is -0.118. The van der Waals surface area contributed by atoms with E-state index in [1.54, 1.807) is 31.2 Å². The molecule has 0 radical (unpaired) electrons. The first-order valence-corrected chi connectivity index (χ1v) is 7.71. The van der Waals surface area contributed by atoms with E-state index in [0.29, 0.717) is 4.90 Å². The summed E-state index contributed by atoms with van der Waals surface area (Å²) < 4.78 is 23.3. The van der Waals surface area contributed by atoms with E-state index in [0.717, 1.165) is 5.69 Å². The van der Waals surface area contributed by atoms with Crippen LogP contribution in [0, 0.1) is 0 Å². The van der Waals surface area contributed by atoms with Crippen molar-refractivity contribution in [3.63, 3.8) is 0 Å². The van der Waals surface area contributed by atoms with Gasteiger partial charge in [-0.3, -0.25) is 4.79 Å². The summed E-state index contributed by atoms with van der Waals surface area (Å²) in [4.78, 5) is 11.2. The number of hydrogen-bond acceptors (Lipinski definition) is 4. The molecule has 5 nitrogen and oxygen atoms in total. The van der Waals surface area contributed by atoms with Gasteiger partial charge >= 0.3 is 0 Å². The number of anilines is 1. The molecule has 0 fully saturated rings. The maximum atomic E-state index is 11.7.